The zero-order chi connectivity index (χ0) is 86.6. The van der Waals surface area contributed by atoms with Crippen molar-refractivity contribution in [2.75, 3.05) is 10.6 Å². The van der Waals surface area contributed by atoms with Crippen LogP contribution in [0.4, 0.5) is 22.7 Å². The lowest BCUT2D eigenvalue weighted by atomic mass is 9.72. The minimum absolute atomic E-state index is 0. The summed E-state index contributed by atoms with van der Waals surface area (Å²) >= 11 is 0. The minimum Gasteiger partial charge on any atom is -1.00 e. The monoisotopic (exact) mass is 1670 g/mol. The van der Waals surface area contributed by atoms with E-state index < -0.39 is 0 Å². The van der Waals surface area contributed by atoms with Gasteiger partial charge < -0.3 is 32.5 Å². The van der Waals surface area contributed by atoms with Gasteiger partial charge in [-0.15, -0.1) is 0 Å². The lowest BCUT2D eigenvalue weighted by Crippen LogP contribution is -3.00. The molecule has 5 aromatic heterocycles. The van der Waals surface area contributed by atoms with E-state index in [-0.39, 0.29) is 44.9 Å². The predicted molar refractivity (Wildman–Crippen MR) is 520 cm³/mol. The molecule has 126 heavy (non-hydrogen) atoms. The number of benzene rings is 14. The van der Waals surface area contributed by atoms with Crippen LogP contribution in [0.3, 0.4) is 0 Å². The van der Waals surface area contributed by atoms with Crippen LogP contribution in [0, 0.1) is 0 Å². The van der Waals surface area contributed by atoms with E-state index in [1.54, 1.807) is 0 Å². The summed E-state index contributed by atoms with van der Waals surface area (Å²) in [7, 11) is 0. The van der Waals surface area contributed by atoms with Crippen LogP contribution >= 0.6 is 0 Å². The molecule has 19 aromatic rings. The number of anilines is 4. The van der Waals surface area contributed by atoms with Crippen LogP contribution < -0.4 is 37.1 Å². The van der Waals surface area contributed by atoms with Crippen molar-refractivity contribution >= 4 is 77.4 Å². The van der Waals surface area contributed by atoms with Gasteiger partial charge in [-0.25, -0.2) is 9.97 Å². The Morgan fingerprint density at radius 1 is 0.286 bits per heavy atom. The first-order valence-corrected chi connectivity index (χ1v) is 43.5. The van der Waals surface area contributed by atoms with E-state index in [2.05, 4.69) is 478 Å². The average molecular weight is 1670 g/mol. The number of rotatable bonds is 20. The average Bonchev–Trinajstić information content (AvgIpc) is 1.47. The number of ether oxygens (including phenoxy) is 2. The zero-order valence-corrected chi connectivity index (χ0v) is 75.0. The number of hydrogen-bond donors (Lipinski definition) is 2. The van der Waals surface area contributed by atoms with Crippen LogP contribution in [-0.4, -0.2) is 23.7 Å². The number of nitrogens with zero attached hydrogens (tertiary/aromatic N) is 6. The summed E-state index contributed by atoms with van der Waals surface area (Å²) in [6.07, 6.45) is 6.10. The van der Waals surface area contributed by atoms with E-state index in [0.717, 1.165) is 107 Å². The van der Waals surface area contributed by atoms with Gasteiger partial charge in [-0.05, 0) is 165 Å². The topological polar surface area (TPSA) is 87.0 Å². The second-order valence-electron chi connectivity index (χ2n) is 37.1. The fourth-order valence-electron chi connectivity index (χ4n) is 18.2. The highest BCUT2D eigenvalue weighted by Gasteiger charge is 2.38. The number of hydrogen-bond acceptors (Lipinski definition) is 6. The van der Waals surface area contributed by atoms with Gasteiger partial charge in [-0.3, -0.25) is 9.13 Å². The molecule has 0 amide bonds. The highest BCUT2D eigenvalue weighted by molar-refractivity contribution is 6.10. The van der Waals surface area contributed by atoms with Crippen molar-refractivity contribution in [1.29, 1.82) is 0 Å². The number of para-hydroxylation sites is 8. The number of aromatic nitrogens is 6. The molecule has 2 N–H and O–H groups in total. The molecular weight excluding hydrogens is 1560 g/mol. The van der Waals surface area contributed by atoms with Gasteiger partial charge >= 0.3 is 0 Å². The molecule has 0 spiro atoms. The molecule has 0 aliphatic rings. The van der Waals surface area contributed by atoms with Crippen molar-refractivity contribution in [3.63, 3.8) is 0 Å². The number of nitrogens with one attached hydrogen (secondary N) is 2. The minimum atomic E-state index is -0.304. The lowest BCUT2D eigenvalue weighted by Gasteiger charge is -2.35. The van der Waals surface area contributed by atoms with E-state index in [1.807, 2.05) is 30.6 Å². The maximum atomic E-state index is 6.79. The maximum absolute atomic E-state index is 6.79. The molecule has 0 aliphatic heterocycles. The van der Waals surface area contributed by atoms with Crippen LogP contribution in [0.5, 0.6) is 23.0 Å². The number of pyridine rings is 2. The van der Waals surface area contributed by atoms with Gasteiger partial charge in [0.2, 0.25) is 0 Å². The molecule has 10 nitrogen and oxygen atoms in total. The summed E-state index contributed by atoms with van der Waals surface area (Å²) in [6.45, 7) is 32.1. The molecule has 0 aliphatic carbocycles. The molecule has 0 unspecified atom stereocenters. The quantitative estimate of drug-likeness (QED) is 0.0740. The Balaban J connectivity index is 0.000000176. The third-order valence-electron chi connectivity index (χ3n) is 25.5. The highest BCUT2D eigenvalue weighted by Crippen LogP contribution is 2.48. The molecule has 14 aromatic carbocycles. The van der Waals surface area contributed by atoms with E-state index in [1.165, 1.54) is 72.1 Å². The standard InChI is InChI=1S/C58H53N4O.C57H54N4O.ClH/c1-56(2,3)42-34-35-59-54(36-42)62-50-29-15-14-26-46(50)47-33-32-45(38-53(47)62)63-44-25-18-24-43(37-44)60-39-61(52-31-17-16-30-51(52)60)55-48(57(4,5)40-20-10-8-11-21-40)27-19-28-49(55)58(6,7)41-22-12-9-13-23-41;1-55(2,3)41-34-35-58-53(36-41)61-51-31-17-14-26-45(51)46-33-32-44(38-52(46)61)62-43-25-18-24-42(37-43)59-49-29-15-16-30-50(49)60-54-47(56(4,5)39-20-10-8-11-21-39)27-19-28-48(54)57(6,7)40-22-12-9-13-23-40;/h8-39H,1-7H3;8-38,59-60H,1-7H3;1H/q+1;;/p-1. The van der Waals surface area contributed by atoms with Gasteiger partial charge in [-0.1, -0.05) is 327 Å². The van der Waals surface area contributed by atoms with Crippen molar-refractivity contribution in [2.24, 2.45) is 0 Å². The summed E-state index contributed by atoms with van der Waals surface area (Å²) in [5.41, 5.74) is 24.0. The molecule has 0 fully saturated rings. The summed E-state index contributed by atoms with van der Waals surface area (Å²) in [5, 5.41) is 12.4. The Morgan fingerprint density at radius 2 is 0.651 bits per heavy atom. The Kier molecular flexibility index (Phi) is 22.6. The predicted octanol–water partition coefficient (Wildman–Crippen LogP) is 26.6. The first-order chi connectivity index (χ1) is 60.3. The van der Waals surface area contributed by atoms with E-state index in [9.17, 15) is 0 Å². The molecule has 0 radical (unpaired) electrons. The van der Waals surface area contributed by atoms with Gasteiger partial charge in [0.25, 0.3) is 6.33 Å². The number of halogens is 1. The number of imidazole rings is 1. The van der Waals surface area contributed by atoms with Gasteiger partial charge in [0.15, 0.2) is 11.0 Å². The van der Waals surface area contributed by atoms with Crippen LogP contribution in [-0.2, 0) is 32.5 Å². The summed E-state index contributed by atoms with van der Waals surface area (Å²) in [4.78, 5) is 9.75. The fraction of sp³-hybridized carbons (Fsp3) is 0.174. The smallest absolute Gasteiger partial charge is 0.255 e. The molecular formula is C115H107ClN8O2. The Labute approximate surface area is 746 Å². The van der Waals surface area contributed by atoms with Gasteiger partial charge in [-0.2, -0.15) is 9.13 Å². The molecule has 0 atom stereocenters. The van der Waals surface area contributed by atoms with Crippen molar-refractivity contribution in [2.45, 2.75) is 129 Å². The molecule has 0 saturated carbocycles. The van der Waals surface area contributed by atoms with Crippen molar-refractivity contribution < 1.29 is 26.4 Å². The summed E-state index contributed by atoms with van der Waals surface area (Å²) in [5.74, 6) is 4.78. The van der Waals surface area contributed by atoms with Crippen LogP contribution in [0.15, 0.2) is 383 Å². The normalized spacial score (nSPS) is 12.1. The largest absolute Gasteiger partial charge is 1.00 e. The van der Waals surface area contributed by atoms with Gasteiger partial charge in [0.1, 0.15) is 46.0 Å². The second-order valence-corrected chi connectivity index (χ2v) is 37.1. The third kappa shape index (κ3) is 16.2. The Bertz CT molecular complexity index is 7050. The maximum Gasteiger partial charge on any atom is 0.255 e. The molecule has 0 saturated heterocycles. The van der Waals surface area contributed by atoms with Crippen LogP contribution in [0.25, 0.3) is 77.7 Å². The molecule has 11 heteroatoms. The van der Waals surface area contributed by atoms with E-state index in [0.29, 0.717) is 0 Å². The molecule has 19 rings (SSSR count). The van der Waals surface area contributed by atoms with Crippen LogP contribution in [0.1, 0.15) is 153 Å². The zero-order valence-electron chi connectivity index (χ0n) is 74.3. The van der Waals surface area contributed by atoms with E-state index >= 15 is 0 Å². The molecule has 5 heterocycles. The van der Waals surface area contributed by atoms with Crippen LogP contribution in [0.2, 0.25) is 0 Å². The SMILES string of the molecule is CC(C)(C)c1ccnc(-n2c3ccccc3c3ccc(Oc4cccc(-n5c[n+](-c6c(C(C)(C)c7ccccc7)cccc6C(C)(C)c6ccccc6)c6ccccc65)c4)cc32)c1.CC(C)(C)c1ccnc(-n2c3ccccc3c3ccc(Oc4cccc(Nc5ccccc5Nc5c(C(C)(C)c6ccccc6)cccc5C(C)(C)c5ccccc5)c4)cc32)c1.[Cl-]. The Morgan fingerprint density at radius 3 is 1.11 bits per heavy atom. The third-order valence-corrected chi connectivity index (χ3v) is 25.5. The lowest BCUT2D eigenvalue weighted by molar-refractivity contribution is -0.569. The van der Waals surface area contributed by atoms with Crippen molar-refractivity contribution in [3.05, 3.63) is 438 Å². The fourth-order valence-corrected chi connectivity index (χ4v) is 18.2. The highest BCUT2D eigenvalue weighted by atomic mass is 35.5. The van der Waals surface area contributed by atoms with E-state index in [4.69, 9.17) is 19.4 Å². The molecule has 626 valence electrons. The first kappa shape index (κ1) is 84.2. The second kappa shape index (κ2) is 33.9. The van der Waals surface area contributed by atoms with Crippen molar-refractivity contribution in [3.8, 4) is 46.0 Å². The van der Waals surface area contributed by atoms with Crippen molar-refractivity contribution in [1.82, 2.24) is 23.7 Å². The van der Waals surface area contributed by atoms with Gasteiger partial charge in [0, 0.05) is 102 Å². The molecule has 0 bridgehead atoms. The summed E-state index contributed by atoms with van der Waals surface area (Å²) < 4.78 is 22.7. The summed E-state index contributed by atoms with van der Waals surface area (Å²) in [6, 6.07) is 129. The van der Waals surface area contributed by atoms with Gasteiger partial charge in [0.05, 0.1) is 33.4 Å². The number of fused-ring (bicyclic) bond motifs is 7. The Hall–Kier alpha value is -14.1. The first-order valence-electron chi connectivity index (χ1n) is 43.5.